The molecule has 0 atom stereocenters. The smallest absolute Gasteiger partial charge is 0.354 e. The molecule has 1 N–H and O–H groups in total. The average Bonchev–Trinajstić information content (AvgIpc) is 2.74. The van der Waals surface area contributed by atoms with E-state index in [1.165, 1.54) is 12.1 Å². The van der Waals surface area contributed by atoms with Crippen LogP contribution >= 0.6 is 23.2 Å². The molecule has 0 saturated carbocycles. The highest BCUT2D eigenvalue weighted by atomic mass is 35.5. The zero-order valence-electron chi connectivity index (χ0n) is 16.5. The number of alkyl halides is 3. The van der Waals surface area contributed by atoms with E-state index in [1.807, 2.05) is 4.90 Å². The van der Waals surface area contributed by atoms with Crippen LogP contribution in [0.1, 0.15) is 11.1 Å². The van der Waals surface area contributed by atoms with Crippen LogP contribution in [0.15, 0.2) is 42.6 Å². The Bertz CT molecular complexity index is 927. The van der Waals surface area contributed by atoms with Crippen LogP contribution in [-0.2, 0) is 11.0 Å². The van der Waals surface area contributed by atoms with Gasteiger partial charge in [0, 0.05) is 51.5 Å². The number of carbonyl (C=O) groups excluding carboxylic acids is 1. The van der Waals surface area contributed by atoms with Crippen molar-refractivity contribution in [2.45, 2.75) is 6.18 Å². The summed E-state index contributed by atoms with van der Waals surface area (Å²) in [4.78, 5) is 20.1. The van der Waals surface area contributed by atoms with Gasteiger partial charge in [-0.25, -0.2) is 4.98 Å². The molecular formula is C21H21Cl2F3N4O. The number of aromatic nitrogens is 1. The Hall–Kier alpha value is -2.29. The van der Waals surface area contributed by atoms with E-state index in [-0.39, 0.29) is 5.91 Å². The number of halogens is 5. The van der Waals surface area contributed by atoms with Crippen molar-refractivity contribution in [1.82, 2.24) is 15.2 Å². The minimum atomic E-state index is -4.38. The highest BCUT2D eigenvalue weighted by molar-refractivity contribution is 6.42. The number of benzene rings is 1. The van der Waals surface area contributed by atoms with E-state index in [0.29, 0.717) is 42.0 Å². The van der Waals surface area contributed by atoms with Crippen molar-refractivity contribution in [3.05, 3.63) is 63.8 Å². The SMILES string of the molecule is O=C(/C=C/c1ccc(Cl)c(Cl)c1)NCCN1CCN(c2ccc(C(F)(F)F)cn2)CC1. The van der Waals surface area contributed by atoms with E-state index in [1.54, 1.807) is 24.3 Å². The largest absolute Gasteiger partial charge is 0.417 e. The van der Waals surface area contributed by atoms with Crippen LogP contribution in [-0.4, -0.2) is 55.1 Å². The quantitative estimate of drug-likeness (QED) is 0.634. The van der Waals surface area contributed by atoms with Gasteiger partial charge in [0.25, 0.3) is 0 Å². The minimum absolute atomic E-state index is 0.210. The lowest BCUT2D eigenvalue weighted by atomic mass is 10.2. The molecule has 31 heavy (non-hydrogen) atoms. The summed E-state index contributed by atoms with van der Waals surface area (Å²) in [6.07, 6.45) is -0.421. The van der Waals surface area contributed by atoms with Crippen LogP contribution in [0, 0.1) is 0 Å². The minimum Gasteiger partial charge on any atom is -0.354 e. The van der Waals surface area contributed by atoms with Crippen LogP contribution in [0.3, 0.4) is 0 Å². The highest BCUT2D eigenvalue weighted by Crippen LogP contribution is 2.29. The summed E-state index contributed by atoms with van der Waals surface area (Å²) < 4.78 is 37.9. The number of hydrogen-bond donors (Lipinski definition) is 1. The third-order valence-electron chi connectivity index (χ3n) is 4.87. The summed E-state index contributed by atoms with van der Waals surface area (Å²) in [5.41, 5.74) is 0.0244. The lowest BCUT2D eigenvalue weighted by molar-refractivity contribution is -0.137. The van der Waals surface area contributed by atoms with E-state index in [2.05, 4.69) is 15.2 Å². The molecule has 0 unspecified atom stereocenters. The first-order chi connectivity index (χ1) is 14.7. The molecule has 1 aliphatic heterocycles. The first-order valence-corrected chi connectivity index (χ1v) is 10.4. The van der Waals surface area contributed by atoms with Gasteiger partial charge in [0.1, 0.15) is 5.82 Å². The number of amides is 1. The van der Waals surface area contributed by atoms with E-state index in [0.717, 1.165) is 30.9 Å². The second kappa shape index (κ2) is 10.3. The van der Waals surface area contributed by atoms with Crippen molar-refractivity contribution in [2.24, 2.45) is 0 Å². The zero-order chi connectivity index (χ0) is 22.4. The Kier molecular flexibility index (Phi) is 7.80. The van der Waals surface area contributed by atoms with Gasteiger partial charge in [0.15, 0.2) is 0 Å². The number of piperazine rings is 1. The molecular weight excluding hydrogens is 452 g/mol. The maximum atomic E-state index is 12.6. The van der Waals surface area contributed by atoms with E-state index in [4.69, 9.17) is 23.2 Å². The number of nitrogens with one attached hydrogen (secondary N) is 1. The molecule has 1 fully saturated rings. The van der Waals surface area contributed by atoms with Crippen molar-refractivity contribution in [1.29, 1.82) is 0 Å². The molecule has 1 aromatic heterocycles. The molecule has 5 nitrogen and oxygen atoms in total. The molecule has 10 heteroatoms. The summed E-state index contributed by atoms with van der Waals surface area (Å²) in [5, 5.41) is 3.71. The average molecular weight is 473 g/mol. The molecule has 2 aromatic rings. The van der Waals surface area contributed by atoms with Gasteiger partial charge in [-0.15, -0.1) is 0 Å². The van der Waals surface area contributed by atoms with E-state index < -0.39 is 11.7 Å². The van der Waals surface area contributed by atoms with Gasteiger partial charge in [0.05, 0.1) is 15.6 Å². The third-order valence-corrected chi connectivity index (χ3v) is 5.61. The third kappa shape index (κ3) is 6.85. The van der Waals surface area contributed by atoms with Crippen molar-refractivity contribution < 1.29 is 18.0 Å². The predicted molar refractivity (Wildman–Crippen MR) is 116 cm³/mol. The molecule has 2 heterocycles. The fourth-order valence-corrected chi connectivity index (χ4v) is 3.43. The zero-order valence-corrected chi connectivity index (χ0v) is 18.0. The first-order valence-electron chi connectivity index (χ1n) is 9.64. The topological polar surface area (TPSA) is 48.5 Å². The molecule has 1 saturated heterocycles. The molecule has 3 rings (SSSR count). The van der Waals surface area contributed by atoms with Gasteiger partial charge >= 0.3 is 6.18 Å². The number of pyridine rings is 1. The van der Waals surface area contributed by atoms with Crippen LogP contribution in [0.2, 0.25) is 10.0 Å². The van der Waals surface area contributed by atoms with Gasteiger partial charge in [-0.05, 0) is 35.9 Å². The van der Waals surface area contributed by atoms with Gasteiger partial charge in [-0.3, -0.25) is 9.69 Å². The molecule has 1 aliphatic rings. The van der Waals surface area contributed by atoms with Gasteiger partial charge in [-0.1, -0.05) is 29.3 Å². The van der Waals surface area contributed by atoms with Crippen molar-refractivity contribution in [2.75, 3.05) is 44.2 Å². The number of anilines is 1. The standard InChI is InChI=1S/C21H21Cl2F3N4O/c22-17-4-1-15(13-18(17)23)2-6-20(31)27-7-8-29-9-11-30(12-10-29)19-5-3-16(14-28-19)21(24,25)26/h1-6,13-14H,7-12H2,(H,27,31)/b6-2+. The molecule has 0 aliphatic carbocycles. The molecule has 0 bridgehead atoms. The molecule has 0 spiro atoms. The number of nitrogens with zero attached hydrogens (tertiary/aromatic N) is 3. The van der Waals surface area contributed by atoms with Crippen LogP contribution in [0.25, 0.3) is 6.08 Å². The summed E-state index contributed by atoms with van der Waals surface area (Å²) in [6.45, 7) is 3.95. The van der Waals surface area contributed by atoms with Gasteiger partial charge in [0.2, 0.25) is 5.91 Å². The molecule has 1 aromatic carbocycles. The lowest BCUT2D eigenvalue weighted by Gasteiger charge is -2.35. The van der Waals surface area contributed by atoms with Crippen LogP contribution in [0.4, 0.5) is 19.0 Å². The molecule has 1 amide bonds. The monoisotopic (exact) mass is 472 g/mol. The second-order valence-electron chi connectivity index (χ2n) is 7.03. The van der Waals surface area contributed by atoms with Crippen molar-refractivity contribution >= 4 is 41.0 Å². The Morgan fingerprint density at radius 3 is 2.45 bits per heavy atom. The van der Waals surface area contributed by atoms with Gasteiger partial charge in [-0.2, -0.15) is 13.2 Å². The number of carbonyl (C=O) groups is 1. The summed E-state index contributed by atoms with van der Waals surface area (Å²) in [6, 6.07) is 7.57. The van der Waals surface area contributed by atoms with Crippen molar-refractivity contribution in [3.63, 3.8) is 0 Å². The fourth-order valence-electron chi connectivity index (χ4n) is 3.13. The molecule has 0 radical (unpaired) electrons. The Morgan fingerprint density at radius 2 is 1.84 bits per heavy atom. The lowest BCUT2D eigenvalue weighted by Crippen LogP contribution is -2.48. The first kappa shape index (κ1) is 23.4. The van der Waals surface area contributed by atoms with Gasteiger partial charge < -0.3 is 10.2 Å². The second-order valence-corrected chi connectivity index (χ2v) is 7.84. The van der Waals surface area contributed by atoms with Crippen LogP contribution in [0.5, 0.6) is 0 Å². The maximum Gasteiger partial charge on any atom is 0.417 e. The summed E-state index contributed by atoms with van der Waals surface area (Å²) in [7, 11) is 0. The number of hydrogen-bond acceptors (Lipinski definition) is 4. The van der Waals surface area contributed by atoms with Crippen LogP contribution < -0.4 is 10.2 Å². The summed E-state index contributed by atoms with van der Waals surface area (Å²) in [5.74, 6) is 0.326. The molecule has 166 valence electrons. The van der Waals surface area contributed by atoms with Crippen molar-refractivity contribution in [3.8, 4) is 0 Å². The number of rotatable bonds is 6. The fraction of sp³-hybridized carbons (Fsp3) is 0.333. The normalized spacial score (nSPS) is 15.5. The Morgan fingerprint density at radius 1 is 1.10 bits per heavy atom. The Balaban J connectivity index is 1.38. The summed E-state index contributed by atoms with van der Waals surface area (Å²) >= 11 is 11.8. The maximum absolute atomic E-state index is 12.6. The predicted octanol–water partition coefficient (Wildman–Crippen LogP) is 4.36. The van der Waals surface area contributed by atoms with E-state index in [9.17, 15) is 18.0 Å². The highest BCUT2D eigenvalue weighted by Gasteiger charge is 2.31. The van der Waals surface area contributed by atoms with E-state index >= 15 is 0 Å². The Labute approximate surface area is 188 Å².